The Morgan fingerprint density at radius 3 is 1.95 bits per heavy atom. The maximum atomic E-state index is 12.0. The van der Waals surface area contributed by atoms with Crippen molar-refractivity contribution in [3.8, 4) is 0 Å². The number of aliphatic carboxylic acids is 1. The third-order valence-corrected chi connectivity index (χ3v) is 6.37. The van der Waals surface area contributed by atoms with E-state index in [2.05, 4.69) is 57.2 Å². The van der Waals surface area contributed by atoms with Crippen molar-refractivity contribution in [3.05, 3.63) is 48.6 Å². The number of allylic oxidation sites excluding steroid dienone is 8. The number of nitrogens with two attached hydrogens (primary N) is 1. The molecule has 0 radical (unpaired) electrons. The second kappa shape index (κ2) is 26.8. The van der Waals surface area contributed by atoms with Crippen LogP contribution >= 0.6 is 7.82 Å². The number of unbranched alkanes of at least 4 members (excludes halogenated alkanes) is 4. The number of esters is 1. The highest BCUT2D eigenvalue weighted by molar-refractivity contribution is 7.47. The number of phosphoric ester groups is 1. The fraction of sp³-hybridized carbons (Fsp3) is 0.621. The Kier molecular flexibility index (Phi) is 25.1. The molecule has 0 aliphatic rings. The van der Waals surface area contributed by atoms with Crippen molar-refractivity contribution >= 4 is 25.9 Å². The molecule has 0 aromatic rings. The maximum Gasteiger partial charge on any atom is 0.508 e. The molecule has 0 aliphatic heterocycles. The number of carbonyl (C=O) groups is 3. The summed E-state index contributed by atoms with van der Waals surface area (Å²) in [6, 6.07) is -1.52. The van der Waals surface area contributed by atoms with E-state index in [9.17, 15) is 28.9 Å². The lowest BCUT2D eigenvalue weighted by Gasteiger charge is -2.16. The number of rotatable bonds is 26. The number of aliphatic hydroxyl groups is 1. The molecule has 0 amide bonds. The van der Waals surface area contributed by atoms with Gasteiger partial charge in [0.15, 0.2) is 6.10 Å². The minimum atomic E-state index is -4.60. The Bertz CT molecular complexity index is 934. The van der Waals surface area contributed by atoms with Crippen LogP contribution in [0.15, 0.2) is 48.6 Å². The lowest BCUT2D eigenvalue weighted by Crippen LogP contribution is -2.34. The van der Waals surface area contributed by atoms with Crippen molar-refractivity contribution in [1.29, 1.82) is 0 Å². The predicted octanol–water partition coefficient (Wildman–Crippen LogP) is 4.73. The molecule has 0 spiro atoms. The fourth-order valence-corrected chi connectivity index (χ4v) is 3.79. The van der Waals surface area contributed by atoms with Crippen molar-refractivity contribution in [2.45, 2.75) is 83.3 Å². The first-order valence-corrected chi connectivity index (χ1v) is 15.9. The molecule has 3 atom stereocenters. The van der Waals surface area contributed by atoms with Gasteiger partial charge in [-0.3, -0.25) is 18.6 Å². The van der Waals surface area contributed by atoms with Gasteiger partial charge in [0.05, 0.1) is 19.8 Å². The van der Waals surface area contributed by atoms with Gasteiger partial charge >= 0.3 is 25.9 Å². The van der Waals surface area contributed by atoms with Gasteiger partial charge in [0.1, 0.15) is 19.3 Å². The Hall–Kier alpha value is -2.80. The molecular formula is C29H48NO12P. The highest BCUT2D eigenvalue weighted by Gasteiger charge is 2.24. The molecule has 43 heavy (non-hydrogen) atoms. The van der Waals surface area contributed by atoms with Crippen LogP contribution < -0.4 is 5.73 Å². The van der Waals surface area contributed by atoms with Gasteiger partial charge in [-0.1, -0.05) is 68.4 Å². The van der Waals surface area contributed by atoms with Gasteiger partial charge in [-0.05, 0) is 44.9 Å². The van der Waals surface area contributed by atoms with E-state index < -0.39 is 71.1 Å². The van der Waals surface area contributed by atoms with Crippen molar-refractivity contribution in [2.24, 2.45) is 5.73 Å². The summed E-state index contributed by atoms with van der Waals surface area (Å²) in [7, 11) is -4.60. The van der Waals surface area contributed by atoms with E-state index in [1.165, 1.54) is 19.3 Å². The van der Waals surface area contributed by atoms with E-state index in [-0.39, 0.29) is 6.42 Å². The number of carboxylic acid groups (broad SMARTS) is 1. The van der Waals surface area contributed by atoms with Gasteiger partial charge in [0.2, 0.25) is 0 Å². The average molecular weight is 634 g/mol. The zero-order valence-corrected chi connectivity index (χ0v) is 25.8. The maximum absolute atomic E-state index is 12.0. The summed E-state index contributed by atoms with van der Waals surface area (Å²) in [6.07, 6.45) is 23.6. The van der Waals surface area contributed by atoms with Gasteiger partial charge in [0, 0.05) is 6.42 Å². The molecule has 0 saturated carbocycles. The van der Waals surface area contributed by atoms with Gasteiger partial charge in [-0.15, -0.1) is 0 Å². The molecule has 0 rings (SSSR count). The lowest BCUT2D eigenvalue weighted by molar-refractivity contribution is -0.154. The average Bonchev–Trinajstić information content (AvgIpc) is 2.97. The van der Waals surface area contributed by atoms with Crippen LogP contribution in [0, 0.1) is 0 Å². The van der Waals surface area contributed by atoms with Crippen LogP contribution in [-0.4, -0.2) is 78.4 Å². The lowest BCUT2D eigenvalue weighted by atomic mass is 10.2. The van der Waals surface area contributed by atoms with Crippen LogP contribution in [-0.2, 0) is 37.4 Å². The SMILES string of the molecule is CCCCC/C=C\C/C=C\C/C=C\C/C=C\CCCC(=O)OC(CO)COC(=O)OCCOP(=O)(O)OCC(N)C(=O)O. The number of carboxylic acids is 1. The molecular weight excluding hydrogens is 585 g/mol. The van der Waals surface area contributed by atoms with Crippen LogP contribution in [0.1, 0.15) is 71.1 Å². The second-order valence-corrected chi connectivity index (χ2v) is 10.7. The third-order valence-electron chi connectivity index (χ3n) is 5.39. The number of ether oxygens (including phenoxy) is 3. The van der Waals surface area contributed by atoms with E-state index in [1.54, 1.807) is 0 Å². The molecule has 246 valence electrons. The van der Waals surface area contributed by atoms with Gasteiger partial charge in [-0.2, -0.15) is 0 Å². The Labute approximate surface area is 254 Å². The number of aliphatic hydroxyl groups excluding tert-OH is 1. The first-order chi connectivity index (χ1) is 20.6. The second-order valence-electron chi connectivity index (χ2n) is 9.23. The van der Waals surface area contributed by atoms with Crippen LogP contribution in [0.5, 0.6) is 0 Å². The molecule has 0 aliphatic carbocycles. The smallest absolute Gasteiger partial charge is 0.480 e. The van der Waals surface area contributed by atoms with Crippen LogP contribution in [0.2, 0.25) is 0 Å². The molecule has 0 aromatic heterocycles. The molecule has 0 saturated heterocycles. The summed E-state index contributed by atoms with van der Waals surface area (Å²) >= 11 is 0. The molecule has 0 heterocycles. The topological polar surface area (TPSA) is 201 Å². The summed E-state index contributed by atoms with van der Waals surface area (Å²) in [4.78, 5) is 43.6. The zero-order valence-electron chi connectivity index (χ0n) is 24.9. The molecule has 3 unspecified atom stereocenters. The monoisotopic (exact) mass is 633 g/mol. The third kappa shape index (κ3) is 26.6. The van der Waals surface area contributed by atoms with Crippen LogP contribution in [0.4, 0.5) is 4.79 Å². The van der Waals surface area contributed by atoms with Gasteiger partial charge in [-0.25, -0.2) is 9.36 Å². The summed E-state index contributed by atoms with van der Waals surface area (Å²) in [5.74, 6) is -1.98. The quantitative estimate of drug-likeness (QED) is 0.0441. The largest absolute Gasteiger partial charge is 0.508 e. The summed E-state index contributed by atoms with van der Waals surface area (Å²) in [6.45, 7) is -0.675. The van der Waals surface area contributed by atoms with E-state index in [4.69, 9.17) is 20.3 Å². The fourth-order valence-electron chi connectivity index (χ4n) is 3.06. The van der Waals surface area contributed by atoms with E-state index in [0.29, 0.717) is 12.8 Å². The number of phosphoric acid groups is 1. The van der Waals surface area contributed by atoms with Crippen LogP contribution in [0.25, 0.3) is 0 Å². The number of hydrogen-bond donors (Lipinski definition) is 4. The van der Waals surface area contributed by atoms with Crippen molar-refractivity contribution in [2.75, 3.05) is 33.0 Å². The molecule has 14 heteroatoms. The first-order valence-electron chi connectivity index (χ1n) is 14.4. The van der Waals surface area contributed by atoms with E-state index in [0.717, 1.165) is 25.7 Å². The Balaban J connectivity index is 3.93. The van der Waals surface area contributed by atoms with E-state index in [1.807, 2.05) is 12.2 Å². The molecule has 0 aromatic carbocycles. The summed E-state index contributed by atoms with van der Waals surface area (Å²) in [5.41, 5.74) is 5.14. The first kappa shape index (κ1) is 40.2. The highest BCUT2D eigenvalue weighted by atomic mass is 31.2. The predicted molar refractivity (Wildman–Crippen MR) is 160 cm³/mol. The molecule has 0 fully saturated rings. The van der Waals surface area contributed by atoms with Crippen molar-refractivity contribution in [3.63, 3.8) is 0 Å². The van der Waals surface area contributed by atoms with Crippen LogP contribution in [0.3, 0.4) is 0 Å². The molecule has 5 N–H and O–H groups in total. The summed E-state index contributed by atoms with van der Waals surface area (Å²) < 4.78 is 35.0. The van der Waals surface area contributed by atoms with E-state index >= 15 is 0 Å². The minimum absolute atomic E-state index is 0.122. The van der Waals surface area contributed by atoms with Gasteiger partial charge in [0.25, 0.3) is 0 Å². The zero-order chi connectivity index (χ0) is 32.2. The Morgan fingerprint density at radius 2 is 1.40 bits per heavy atom. The normalized spacial score (nSPS) is 14.8. The number of hydrogen-bond acceptors (Lipinski definition) is 11. The molecule has 0 bridgehead atoms. The molecule has 13 nitrogen and oxygen atoms in total. The summed E-state index contributed by atoms with van der Waals surface area (Å²) in [5, 5.41) is 18.0. The Morgan fingerprint density at radius 1 is 0.814 bits per heavy atom. The van der Waals surface area contributed by atoms with Crippen molar-refractivity contribution < 1.29 is 57.3 Å². The van der Waals surface area contributed by atoms with Gasteiger partial charge < -0.3 is 35.1 Å². The number of carbonyl (C=O) groups excluding carboxylic acids is 2. The van der Waals surface area contributed by atoms with Crippen molar-refractivity contribution in [1.82, 2.24) is 0 Å². The standard InChI is InChI=1S/C29H48NO12P/c1-2-3-4-5-6-7-8-9-10-11-12-13-14-15-16-17-18-19-27(32)42-25(22-31)23-39-29(35)38-20-21-40-43(36,37)41-24-26(30)28(33)34/h6-7,9-10,12-13,15-16,25-26,31H,2-5,8,11,14,17-24,30H2,1H3,(H,33,34)(H,36,37)/b7-6-,10-9-,13-12-,16-15-. The minimum Gasteiger partial charge on any atom is -0.480 e. The highest BCUT2D eigenvalue weighted by Crippen LogP contribution is 2.42.